The zero-order chi connectivity index (χ0) is 18.7. The molecular weight excluding hydrogens is 348 g/mol. The maximum absolute atomic E-state index is 12.7. The lowest BCUT2D eigenvalue weighted by atomic mass is 10.3. The fraction of sp³-hybridized carbons (Fsp3) is 0.316. The molecule has 0 atom stereocenters. The van der Waals surface area contributed by atoms with Crippen molar-refractivity contribution in [2.24, 2.45) is 0 Å². The number of anilines is 1. The minimum atomic E-state index is -0.101. The molecule has 0 spiro atoms. The van der Waals surface area contributed by atoms with Crippen molar-refractivity contribution in [1.82, 2.24) is 14.5 Å². The zero-order valence-corrected chi connectivity index (χ0v) is 16.0. The first-order chi connectivity index (χ1) is 12.5. The van der Waals surface area contributed by atoms with Gasteiger partial charge >= 0.3 is 0 Å². The van der Waals surface area contributed by atoms with Gasteiger partial charge in [0.15, 0.2) is 5.16 Å². The summed E-state index contributed by atoms with van der Waals surface area (Å²) in [5.41, 5.74) is 2.82. The number of H-pyrrole nitrogens is 1. The lowest BCUT2D eigenvalue weighted by Gasteiger charge is -2.21. The summed E-state index contributed by atoms with van der Waals surface area (Å²) in [6.07, 6.45) is 0. The minimum absolute atomic E-state index is 0.00838. The van der Waals surface area contributed by atoms with Crippen LogP contribution < -0.4 is 10.5 Å². The van der Waals surface area contributed by atoms with Crippen LogP contribution >= 0.6 is 11.8 Å². The van der Waals surface area contributed by atoms with Crippen LogP contribution in [0.5, 0.6) is 0 Å². The molecule has 0 fully saturated rings. The number of thioether (sulfide) groups is 1. The van der Waals surface area contributed by atoms with Crippen LogP contribution in [-0.2, 0) is 11.3 Å². The smallest absolute Gasteiger partial charge is 0.278 e. The first-order valence-electron chi connectivity index (χ1n) is 8.63. The molecule has 0 bridgehead atoms. The first kappa shape index (κ1) is 18.3. The van der Waals surface area contributed by atoms with Gasteiger partial charge in [-0.2, -0.15) is 0 Å². The van der Waals surface area contributed by atoms with E-state index < -0.39 is 0 Å². The molecule has 0 radical (unpaired) electrons. The Morgan fingerprint density at radius 2 is 2.00 bits per heavy atom. The Morgan fingerprint density at radius 3 is 2.65 bits per heavy atom. The third-order valence-corrected chi connectivity index (χ3v) is 5.12. The van der Waals surface area contributed by atoms with E-state index in [1.807, 2.05) is 57.2 Å². The molecule has 0 unspecified atom stereocenters. The quantitative estimate of drug-likeness (QED) is 0.534. The van der Waals surface area contributed by atoms with E-state index in [9.17, 15) is 9.59 Å². The van der Waals surface area contributed by atoms with Gasteiger partial charge in [0, 0.05) is 24.5 Å². The number of nitrogens with one attached hydrogen (secondary N) is 1. The summed E-state index contributed by atoms with van der Waals surface area (Å²) in [4.78, 5) is 34.7. The molecule has 2 heterocycles. The number of hydrogen-bond donors (Lipinski definition) is 1. The normalized spacial score (nSPS) is 11.0. The van der Waals surface area contributed by atoms with Crippen molar-refractivity contribution in [3.05, 3.63) is 52.4 Å². The summed E-state index contributed by atoms with van der Waals surface area (Å²) in [7, 11) is 0. The van der Waals surface area contributed by atoms with Crippen LogP contribution in [0.1, 0.15) is 19.5 Å². The second kappa shape index (κ2) is 7.78. The molecule has 0 saturated heterocycles. The fourth-order valence-electron chi connectivity index (χ4n) is 2.92. The van der Waals surface area contributed by atoms with Gasteiger partial charge < -0.3 is 9.88 Å². The van der Waals surface area contributed by atoms with E-state index in [1.54, 1.807) is 9.47 Å². The average molecular weight is 370 g/mol. The van der Waals surface area contributed by atoms with Gasteiger partial charge in [0.05, 0.1) is 11.3 Å². The number of aryl methyl sites for hydroxylation is 1. The molecule has 136 valence electrons. The second-order valence-corrected chi connectivity index (χ2v) is 6.86. The highest BCUT2D eigenvalue weighted by molar-refractivity contribution is 7.99. The average Bonchev–Trinajstić information content (AvgIpc) is 3.02. The maximum atomic E-state index is 12.7. The van der Waals surface area contributed by atoms with Crippen molar-refractivity contribution in [3.63, 3.8) is 0 Å². The molecule has 0 aliphatic heterocycles. The highest BCUT2D eigenvalue weighted by atomic mass is 32.2. The van der Waals surface area contributed by atoms with E-state index in [0.717, 1.165) is 11.4 Å². The molecule has 0 aliphatic carbocycles. The molecule has 1 N–H and O–H groups in total. The van der Waals surface area contributed by atoms with Gasteiger partial charge in [-0.15, -0.1) is 0 Å². The predicted octanol–water partition coefficient (Wildman–Crippen LogP) is 3.20. The van der Waals surface area contributed by atoms with Crippen LogP contribution in [0.15, 0.2) is 46.3 Å². The number of rotatable bonds is 6. The molecule has 0 aliphatic rings. The van der Waals surface area contributed by atoms with E-state index in [0.29, 0.717) is 29.3 Å². The molecular formula is C19H22N4O2S. The van der Waals surface area contributed by atoms with Crippen molar-refractivity contribution in [3.8, 4) is 0 Å². The molecule has 1 aromatic carbocycles. The number of fused-ring (bicyclic) bond motifs is 1. The van der Waals surface area contributed by atoms with E-state index in [-0.39, 0.29) is 17.2 Å². The number of amides is 1. The predicted molar refractivity (Wildman–Crippen MR) is 106 cm³/mol. The molecule has 3 aromatic rings. The molecule has 6 nitrogen and oxygen atoms in total. The molecule has 7 heteroatoms. The third-order valence-electron chi connectivity index (χ3n) is 4.16. The number of para-hydroxylation sites is 1. The Morgan fingerprint density at radius 1 is 1.27 bits per heavy atom. The van der Waals surface area contributed by atoms with Gasteiger partial charge in [-0.05, 0) is 39.0 Å². The van der Waals surface area contributed by atoms with Crippen molar-refractivity contribution in [2.45, 2.75) is 32.5 Å². The zero-order valence-electron chi connectivity index (χ0n) is 15.2. The summed E-state index contributed by atoms with van der Waals surface area (Å²) >= 11 is 1.30. The number of aromatic nitrogens is 3. The lowest BCUT2D eigenvalue weighted by molar-refractivity contribution is -0.116. The van der Waals surface area contributed by atoms with Crippen molar-refractivity contribution < 1.29 is 4.79 Å². The van der Waals surface area contributed by atoms with Crippen molar-refractivity contribution in [2.75, 3.05) is 17.2 Å². The van der Waals surface area contributed by atoms with Crippen LogP contribution in [-0.4, -0.2) is 32.7 Å². The number of nitrogens with zero attached hydrogens (tertiary/aromatic N) is 3. The molecule has 1 amide bonds. The summed E-state index contributed by atoms with van der Waals surface area (Å²) in [5.74, 6) is 0.218. The molecule has 3 rings (SSSR count). The van der Waals surface area contributed by atoms with Gasteiger partial charge in [-0.3, -0.25) is 14.2 Å². The SMILES string of the molecule is CCN(C(=O)CSc1nc2cc(C)[nH]c2c(=O)n1CC)c1ccccc1. The Labute approximate surface area is 156 Å². The van der Waals surface area contributed by atoms with E-state index >= 15 is 0 Å². The van der Waals surface area contributed by atoms with Crippen LogP contribution in [0.4, 0.5) is 5.69 Å². The van der Waals surface area contributed by atoms with Crippen LogP contribution in [0.3, 0.4) is 0 Å². The van der Waals surface area contributed by atoms with E-state index in [2.05, 4.69) is 9.97 Å². The van der Waals surface area contributed by atoms with Crippen LogP contribution in [0, 0.1) is 6.92 Å². The highest BCUT2D eigenvalue weighted by Crippen LogP contribution is 2.20. The van der Waals surface area contributed by atoms with Crippen molar-refractivity contribution >= 4 is 34.4 Å². The third kappa shape index (κ3) is 3.53. The minimum Gasteiger partial charge on any atom is -0.353 e. The largest absolute Gasteiger partial charge is 0.353 e. The van der Waals surface area contributed by atoms with Gasteiger partial charge in [0.1, 0.15) is 5.52 Å². The second-order valence-electron chi connectivity index (χ2n) is 5.92. The fourth-order valence-corrected chi connectivity index (χ4v) is 3.85. The summed E-state index contributed by atoms with van der Waals surface area (Å²) in [6, 6.07) is 11.4. The van der Waals surface area contributed by atoms with Crippen LogP contribution in [0.2, 0.25) is 0 Å². The van der Waals surface area contributed by atoms with Crippen LogP contribution in [0.25, 0.3) is 11.0 Å². The van der Waals surface area contributed by atoms with Gasteiger partial charge in [0.2, 0.25) is 5.91 Å². The van der Waals surface area contributed by atoms with E-state index in [4.69, 9.17) is 0 Å². The summed E-state index contributed by atoms with van der Waals surface area (Å²) in [5, 5.41) is 0.571. The number of carbonyl (C=O) groups is 1. The highest BCUT2D eigenvalue weighted by Gasteiger charge is 2.17. The maximum Gasteiger partial charge on any atom is 0.278 e. The number of carbonyl (C=O) groups excluding carboxylic acids is 1. The van der Waals surface area contributed by atoms with Gasteiger partial charge in [-0.25, -0.2) is 4.98 Å². The molecule has 0 saturated carbocycles. The van der Waals surface area contributed by atoms with Gasteiger partial charge in [0.25, 0.3) is 5.56 Å². The Bertz CT molecular complexity index is 978. The molecule has 26 heavy (non-hydrogen) atoms. The Hall–Kier alpha value is -2.54. The number of aromatic amines is 1. The summed E-state index contributed by atoms with van der Waals surface area (Å²) in [6.45, 7) is 6.84. The first-order valence-corrected chi connectivity index (χ1v) is 9.62. The number of hydrogen-bond acceptors (Lipinski definition) is 4. The monoisotopic (exact) mass is 370 g/mol. The van der Waals surface area contributed by atoms with Crippen molar-refractivity contribution in [1.29, 1.82) is 0 Å². The van der Waals surface area contributed by atoms with E-state index in [1.165, 1.54) is 11.8 Å². The lowest BCUT2D eigenvalue weighted by Crippen LogP contribution is -2.32. The molecule has 2 aromatic heterocycles. The summed E-state index contributed by atoms with van der Waals surface area (Å²) < 4.78 is 1.61. The standard InChI is InChI=1S/C19H22N4O2S/c1-4-22(14-9-7-6-8-10-14)16(24)12-26-19-21-15-11-13(3)20-17(15)18(25)23(19)5-2/h6-11,20H,4-5,12H2,1-3H3. The number of benzene rings is 1. The Balaban J connectivity index is 1.84. The Kier molecular flexibility index (Phi) is 5.46. The topological polar surface area (TPSA) is 71.0 Å². The van der Waals surface area contributed by atoms with Gasteiger partial charge in [-0.1, -0.05) is 30.0 Å².